The van der Waals surface area contributed by atoms with E-state index in [1.54, 1.807) is 57.3 Å². The van der Waals surface area contributed by atoms with Gasteiger partial charge in [-0.05, 0) is 39.3 Å². The van der Waals surface area contributed by atoms with Gasteiger partial charge in [-0.15, -0.1) is 0 Å². The number of nitrogens with one attached hydrogen (secondary N) is 1. The average Bonchev–Trinajstić information content (AvgIpc) is 2.77. The molecular formula is C16H19BrNO4S2+. The number of esters is 1. The first kappa shape index (κ1) is 19.0. The number of anilines is 1. The molecule has 0 saturated carbocycles. The van der Waals surface area contributed by atoms with Crippen LogP contribution in [-0.2, 0) is 14.8 Å². The van der Waals surface area contributed by atoms with E-state index in [-0.39, 0.29) is 15.5 Å². The zero-order valence-corrected chi connectivity index (χ0v) is 17.0. The Morgan fingerprint density at radius 3 is 2.42 bits per heavy atom. The molecule has 0 aliphatic carbocycles. The third-order valence-electron chi connectivity index (χ3n) is 3.01. The van der Waals surface area contributed by atoms with Crippen LogP contribution >= 0.6 is 23.7 Å². The van der Waals surface area contributed by atoms with Crippen molar-refractivity contribution >= 4 is 45.4 Å². The predicted octanol–water partition coefficient (Wildman–Crippen LogP) is 4.66. The molecule has 0 fully saturated rings. The first-order valence-electron chi connectivity index (χ1n) is 7.15. The van der Waals surface area contributed by atoms with Gasteiger partial charge in [0.2, 0.25) is 0 Å². The van der Waals surface area contributed by atoms with E-state index in [0.29, 0.717) is 5.56 Å². The van der Waals surface area contributed by atoms with E-state index in [4.69, 9.17) is 4.74 Å². The van der Waals surface area contributed by atoms with Crippen LogP contribution in [0.5, 0.6) is 0 Å². The number of thiophene rings is 1. The van der Waals surface area contributed by atoms with Crippen molar-refractivity contribution < 1.29 is 17.9 Å². The first-order valence-corrected chi connectivity index (χ1v) is 11.8. The second kappa shape index (κ2) is 6.85. The third-order valence-corrected chi connectivity index (χ3v) is 7.30. The molecule has 2 aromatic rings. The maximum Gasteiger partial charge on any atom is 0.395 e. The summed E-state index contributed by atoms with van der Waals surface area (Å²) in [6.45, 7) is 7.00. The highest BCUT2D eigenvalue weighted by Crippen LogP contribution is 2.39. The lowest BCUT2D eigenvalue weighted by Crippen LogP contribution is -2.24. The molecule has 0 saturated heterocycles. The van der Waals surface area contributed by atoms with Gasteiger partial charge in [-0.1, -0.05) is 18.2 Å². The number of carbonyl (C=O) groups is 1. The number of hydrogen-bond acceptors (Lipinski definition) is 4. The molecule has 2 rings (SSSR count). The number of rotatable bonds is 4. The monoisotopic (exact) mass is 432 g/mol. The summed E-state index contributed by atoms with van der Waals surface area (Å²) in [7, 11) is -4.48. The van der Waals surface area contributed by atoms with Gasteiger partial charge in [0.1, 0.15) is 11.3 Å². The van der Waals surface area contributed by atoms with Gasteiger partial charge >= 0.3 is 5.97 Å². The van der Waals surface area contributed by atoms with Crippen LogP contribution in [0.2, 0.25) is 0 Å². The number of aryl methyl sites for hydroxylation is 1. The van der Waals surface area contributed by atoms with Crippen LogP contribution in [-0.4, -0.2) is 20.0 Å². The number of carbonyl (C=O) groups excluding carboxylic acids is 1. The van der Waals surface area contributed by atoms with Crippen molar-refractivity contribution in [2.45, 2.75) is 38.2 Å². The van der Waals surface area contributed by atoms with Crippen LogP contribution in [0, 0.1) is 6.92 Å². The minimum absolute atomic E-state index is 0.177. The van der Waals surface area contributed by atoms with Crippen molar-refractivity contribution in [2.75, 3.05) is 4.72 Å². The van der Waals surface area contributed by atoms with E-state index < -0.39 is 30.5 Å². The van der Waals surface area contributed by atoms with Gasteiger partial charge in [0, 0.05) is 6.07 Å². The molecule has 0 spiro atoms. The summed E-state index contributed by atoms with van der Waals surface area (Å²) in [6, 6.07) is 8.25. The summed E-state index contributed by atoms with van der Waals surface area (Å²) in [5.74, 6) is -0.546. The molecule has 5 nitrogen and oxygen atoms in total. The van der Waals surface area contributed by atoms with E-state index in [9.17, 15) is 13.2 Å². The molecule has 1 aromatic carbocycles. The third kappa shape index (κ3) is 4.37. The summed E-state index contributed by atoms with van der Waals surface area (Å²) >= 11 is 3.38. The molecule has 0 bridgehead atoms. The molecule has 1 heterocycles. The molecule has 0 aliphatic heterocycles. The molecule has 0 radical (unpaired) electrons. The normalized spacial score (nSPS) is 12.8. The smallest absolute Gasteiger partial charge is 0.395 e. The zero-order chi connectivity index (χ0) is 18.1. The SMILES string of the molecule is Cc1ccccc1S(=O)(=O)Nc1cc[s+](Br)c1C(=O)OC(C)(C)C. The van der Waals surface area contributed by atoms with Crippen molar-refractivity contribution in [3.63, 3.8) is 0 Å². The maximum atomic E-state index is 12.6. The maximum absolute atomic E-state index is 12.6. The molecule has 0 aliphatic rings. The summed E-state index contributed by atoms with van der Waals surface area (Å²) in [4.78, 5) is 12.8. The number of halogens is 1. The molecule has 0 amide bonds. The number of ether oxygens (including phenoxy) is 1. The standard InChI is InChI=1S/C16H18BrNO4S2/c1-11-7-5-6-8-13(11)24(20,21)18-12-9-10-23(17)14(12)15(19)22-16(2,3)4/h5-10H,1-4H3/p+1. The molecule has 1 N–H and O–H groups in total. The van der Waals surface area contributed by atoms with E-state index in [1.807, 2.05) is 0 Å². The molecule has 1 unspecified atom stereocenters. The zero-order valence-electron chi connectivity index (χ0n) is 13.8. The van der Waals surface area contributed by atoms with E-state index in [1.165, 1.54) is 6.07 Å². The summed E-state index contributed by atoms with van der Waals surface area (Å²) in [6.07, 6.45) is 0. The van der Waals surface area contributed by atoms with Gasteiger partial charge in [0.05, 0.1) is 13.8 Å². The van der Waals surface area contributed by atoms with Gasteiger partial charge in [-0.2, -0.15) is 0 Å². The average molecular weight is 433 g/mol. The van der Waals surface area contributed by atoms with Gasteiger partial charge in [-0.3, -0.25) is 4.72 Å². The molecule has 24 heavy (non-hydrogen) atoms. The topological polar surface area (TPSA) is 72.5 Å². The van der Waals surface area contributed by atoms with E-state index in [2.05, 4.69) is 19.5 Å². The Bertz CT molecular complexity index is 866. The van der Waals surface area contributed by atoms with Gasteiger partial charge in [0.15, 0.2) is 5.38 Å². The van der Waals surface area contributed by atoms with Crippen LogP contribution in [0.25, 0.3) is 0 Å². The van der Waals surface area contributed by atoms with Crippen molar-refractivity contribution in [1.29, 1.82) is 0 Å². The Kier molecular flexibility index (Phi) is 5.41. The van der Waals surface area contributed by atoms with Crippen molar-refractivity contribution in [3.05, 3.63) is 46.2 Å². The second-order valence-corrected chi connectivity index (χ2v) is 11.2. The molecule has 130 valence electrons. The Hall–Kier alpha value is -1.38. The summed E-state index contributed by atoms with van der Waals surface area (Å²) < 4.78 is 33.1. The number of benzene rings is 1. The highest BCUT2D eigenvalue weighted by Gasteiger charge is 2.33. The fraction of sp³-hybridized carbons (Fsp3) is 0.312. The van der Waals surface area contributed by atoms with E-state index >= 15 is 0 Å². The Morgan fingerprint density at radius 1 is 1.21 bits per heavy atom. The Morgan fingerprint density at radius 2 is 1.83 bits per heavy atom. The summed E-state index contributed by atoms with van der Waals surface area (Å²) in [5, 5.41) is 1.72. The minimum atomic E-state index is -3.79. The van der Waals surface area contributed by atoms with Crippen LogP contribution in [0.4, 0.5) is 5.69 Å². The van der Waals surface area contributed by atoms with Crippen LogP contribution in [0.15, 0.2) is 40.6 Å². The molecular weight excluding hydrogens is 414 g/mol. The van der Waals surface area contributed by atoms with Crippen LogP contribution in [0.3, 0.4) is 0 Å². The van der Waals surface area contributed by atoms with Crippen molar-refractivity contribution in [2.24, 2.45) is 0 Å². The first-order chi connectivity index (χ1) is 11.0. The van der Waals surface area contributed by atoms with Crippen molar-refractivity contribution in [1.82, 2.24) is 0 Å². The fourth-order valence-corrected chi connectivity index (χ4v) is 5.58. The van der Waals surface area contributed by atoms with Crippen molar-refractivity contribution in [3.8, 4) is 0 Å². The lowest BCUT2D eigenvalue weighted by Gasteiger charge is -2.18. The number of hydrogen-bond donors (Lipinski definition) is 1. The Labute approximate surface area is 152 Å². The predicted molar refractivity (Wildman–Crippen MR) is 100 cm³/mol. The molecule has 1 aromatic heterocycles. The minimum Gasteiger partial charge on any atom is -0.453 e. The largest absolute Gasteiger partial charge is 0.453 e. The quantitative estimate of drug-likeness (QED) is 0.563. The molecule has 1 atom stereocenters. The second-order valence-electron chi connectivity index (χ2n) is 6.20. The van der Waals surface area contributed by atoms with Gasteiger partial charge < -0.3 is 4.74 Å². The van der Waals surface area contributed by atoms with E-state index in [0.717, 1.165) is 0 Å². The van der Waals surface area contributed by atoms with Crippen LogP contribution < -0.4 is 4.72 Å². The van der Waals surface area contributed by atoms with Gasteiger partial charge in [-0.25, -0.2) is 13.2 Å². The lowest BCUT2D eigenvalue weighted by molar-refractivity contribution is 0.00763. The highest BCUT2D eigenvalue weighted by molar-refractivity contribution is 9.34. The fourth-order valence-electron chi connectivity index (χ4n) is 2.03. The highest BCUT2D eigenvalue weighted by atomic mass is 79.9. The Balaban J connectivity index is 2.38. The van der Waals surface area contributed by atoms with Crippen LogP contribution in [0.1, 0.15) is 36.0 Å². The van der Waals surface area contributed by atoms with Gasteiger partial charge in [0.25, 0.3) is 29.7 Å². The number of sulfonamides is 1. The lowest BCUT2D eigenvalue weighted by atomic mass is 10.2. The summed E-state index contributed by atoms with van der Waals surface area (Å²) in [5.41, 5.74) is 0.195. The molecule has 8 heteroatoms.